The number of methoxy groups -OCH3 is 1. The molecule has 32 heavy (non-hydrogen) atoms. The van der Waals surface area contributed by atoms with Crippen molar-refractivity contribution in [2.45, 2.75) is 43.7 Å². The van der Waals surface area contributed by atoms with Crippen molar-refractivity contribution in [2.24, 2.45) is 0 Å². The fourth-order valence-electron chi connectivity index (χ4n) is 4.56. The Morgan fingerprint density at radius 2 is 1.78 bits per heavy atom. The molecule has 170 valence electrons. The molecule has 1 heterocycles. The molecule has 1 unspecified atom stereocenters. The summed E-state index contributed by atoms with van der Waals surface area (Å²) in [5.74, 6) is -0.789. The molecular weight excluding hydrogens is 445 g/mol. The van der Waals surface area contributed by atoms with Crippen molar-refractivity contribution in [1.29, 1.82) is 0 Å². The van der Waals surface area contributed by atoms with Gasteiger partial charge in [0.05, 0.1) is 24.8 Å². The Balaban J connectivity index is 1.66. The van der Waals surface area contributed by atoms with Gasteiger partial charge >= 0.3 is 12.1 Å². The molecule has 4 rings (SSSR count). The number of ether oxygens (including phenoxy) is 1. The minimum Gasteiger partial charge on any atom is -0.468 e. The van der Waals surface area contributed by atoms with Gasteiger partial charge in [0.2, 0.25) is 5.91 Å². The first-order valence-electron chi connectivity index (χ1n) is 10.2. The molecule has 1 spiro atoms. The molecule has 0 aromatic heterocycles. The molecule has 2 fully saturated rings. The molecule has 1 atom stereocenters. The Kier molecular flexibility index (Phi) is 5.94. The predicted molar refractivity (Wildman–Crippen MR) is 112 cm³/mol. The number of hydrogen-bond acceptors (Lipinski definition) is 4. The highest BCUT2D eigenvalue weighted by Crippen LogP contribution is 2.50. The van der Waals surface area contributed by atoms with Gasteiger partial charge in [-0.2, -0.15) is 13.2 Å². The quantitative estimate of drug-likeness (QED) is 0.617. The van der Waals surface area contributed by atoms with E-state index in [2.05, 4.69) is 0 Å². The van der Waals surface area contributed by atoms with Gasteiger partial charge in [0.1, 0.15) is 6.04 Å². The number of nitrogens with zero attached hydrogens (tertiary/aromatic N) is 2. The number of benzene rings is 2. The zero-order valence-electron chi connectivity index (χ0n) is 17.4. The van der Waals surface area contributed by atoms with E-state index in [-0.39, 0.29) is 31.1 Å². The first-order valence-corrected chi connectivity index (χ1v) is 10.6. The topological polar surface area (TPSA) is 49.9 Å². The van der Waals surface area contributed by atoms with Gasteiger partial charge in [-0.15, -0.1) is 0 Å². The Labute approximate surface area is 188 Å². The van der Waals surface area contributed by atoms with E-state index in [0.29, 0.717) is 17.9 Å². The van der Waals surface area contributed by atoms with Crippen LogP contribution in [0.25, 0.3) is 0 Å². The lowest BCUT2D eigenvalue weighted by Gasteiger charge is -2.47. The van der Waals surface area contributed by atoms with Gasteiger partial charge in [0.15, 0.2) is 0 Å². The van der Waals surface area contributed by atoms with Crippen LogP contribution in [0.1, 0.15) is 29.5 Å². The second-order valence-electron chi connectivity index (χ2n) is 8.20. The SMILES string of the molecule is COC(=O)C1N(Cc2ccccc2C(F)(F)F)CC(=O)N(Cc2ccc(Cl)cc2)C12CC2. The third-order valence-corrected chi connectivity index (χ3v) is 6.44. The van der Waals surface area contributed by atoms with E-state index in [0.717, 1.165) is 11.6 Å². The minimum atomic E-state index is -4.53. The molecule has 0 radical (unpaired) electrons. The van der Waals surface area contributed by atoms with Crippen LogP contribution in [0.3, 0.4) is 0 Å². The summed E-state index contributed by atoms with van der Waals surface area (Å²) in [6, 6.07) is 11.4. The molecule has 1 aliphatic heterocycles. The van der Waals surface area contributed by atoms with Crippen LogP contribution in [0.15, 0.2) is 48.5 Å². The third kappa shape index (κ3) is 4.21. The Morgan fingerprint density at radius 1 is 1.12 bits per heavy atom. The summed E-state index contributed by atoms with van der Waals surface area (Å²) in [4.78, 5) is 29.1. The number of halogens is 4. The highest BCUT2D eigenvalue weighted by Gasteiger charge is 2.63. The number of carbonyl (C=O) groups is 2. The summed E-state index contributed by atoms with van der Waals surface area (Å²) < 4.78 is 45.5. The smallest absolute Gasteiger partial charge is 0.416 e. The third-order valence-electron chi connectivity index (χ3n) is 6.19. The van der Waals surface area contributed by atoms with E-state index in [1.54, 1.807) is 17.0 Å². The van der Waals surface area contributed by atoms with Crippen LogP contribution >= 0.6 is 11.6 Å². The standard InChI is InChI=1S/C23H22ClF3N2O3/c1-32-21(31)20-22(10-11-22)29(12-15-6-8-17(24)9-7-15)19(30)14-28(20)13-16-4-2-3-5-18(16)23(25,26)27/h2-9,20H,10-14H2,1H3. The van der Waals surface area contributed by atoms with E-state index in [9.17, 15) is 22.8 Å². The number of hydrogen-bond donors (Lipinski definition) is 0. The van der Waals surface area contributed by atoms with Crippen molar-refractivity contribution in [3.63, 3.8) is 0 Å². The van der Waals surface area contributed by atoms with Crippen molar-refractivity contribution in [2.75, 3.05) is 13.7 Å². The summed E-state index contributed by atoms with van der Waals surface area (Å²) in [6.07, 6.45) is -3.39. The first kappa shape index (κ1) is 22.6. The van der Waals surface area contributed by atoms with Crippen molar-refractivity contribution < 1.29 is 27.5 Å². The van der Waals surface area contributed by atoms with Crippen LogP contribution in [0.2, 0.25) is 5.02 Å². The monoisotopic (exact) mass is 466 g/mol. The van der Waals surface area contributed by atoms with E-state index < -0.39 is 29.3 Å². The number of amides is 1. The Morgan fingerprint density at radius 3 is 2.38 bits per heavy atom. The molecule has 0 bridgehead atoms. The zero-order valence-corrected chi connectivity index (χ0v) is 18.1. The normalized spacial score (nSPS) is 20.5. The predicted octanol–water partition coefficient (Wildman–Crippen LogP) is 4.28. The molecule has 5 nitrogen and oxygen atoms in total. The van der Waals surface area contributed by atoms with E-state index in [1.807, 2.05) is 12.1 Å². The summed E-state index contributed by atoms with van der Waals surface area (Å²) in [6.45, 7) is -0.0739. The molecule has 1 amide bonds. The van der Waals surface area contributed by atoms with Crippen molar-refractivity contribution >= 4 is 23.5 Å². The van der Waals surface area contributed by atoms with Gasteiger partial charge < -0.3 is 9.64 Å². The number of piperazine rings is 1. The molecule has 0 N–H and O–H groups in total. The average Bonchev–Trinajstić information content (AvgIpc) is 3.52. The summed E-state index contributed by atoms with van der Waals surface area (Å²) in [7, 11) is 1.25. The maximum Gasteiger partial charge on any atom is 0.416 e. The van der Waals surface area contributed by atoms with Crippen LogP contribution in [0.5, 0.6) is 0 Å². The molecule has 2 aromatic carbocycles. The molecule has 2 aromatic rings. The summed E-state index contributed by atoms with van der Waals surface area (Å²) in [5.41, 5.74) is -0.698. The van der Waals surface area contributed by atoms with Gasteiger partial charge in [0.25, 0.3) is 0 Å². The highest BCUT2D eigenvalue weighted by molar-refractivity contribution is 6.30. The lowest BCUT2D eigenvalue weighted by molar-refractivity contribution is -0.163. The highest BCUT2D eigenvalue weighted by atomic mass is 35.5. The summed E-state index contributed by atoms with van der Waals surface area (Å²) in [5, 5.41) is 0.571. The number of carbonyl (C=O) groups excluding carboxylic acids is 2. The van der Waals surface area contributed by atoms with Crippen LogP contribution in [0.4, 0.5) is 13.2 Å². The van der Waals surface area contributed by atoms with Crippen molar-refractivity contribution in [3.8, 4) is 0 Å². The molecule has 9 heteroatoms. The maximum atomic E-state index is 13.5. The van der Waals surface area contributed by atoms with Gasteiger partial charge in [0, 0.05) is 18.1 Å². The van der Waals surface area contributed by atoms with Gasteiger partial charge in [-0.1, -0.05) is 41.9 Å². The average molecular weight is 467 g/mol. The van der Waals surface area contributed by atoms with E-state index >= 15 is 0 Å². The molecular formula is C23H22ClF3N2O3. The van der Waals surface area contributed by atoms with Gasteiger partial charge in [-0.3, -0.25) is 14.5 Å². The summed E-state index contributed by atoms with van der Waals surface area (Å²) >= 11 is 5.95. The second kappa shape index (κ2) is 8.41. The van der Waals surface area contributed by atoms with Crippen molar-refractivity contribution in [3.05, 3.63) is 70.2 Å². The van der Waals surface area contributed by atoms with Crippen LogP contribution in [-0.4, -0.2) is 46.9 Å². The molecule has 1 saturated heterocycles. The molecule has 1 aliphatic carbocycles. The minimum absolute atomic E-state index is 0.0173. The van der Waals surface area contributed by atoms with Crippen LogP contribution in [-0.2, 0) is 33.6 Å². The molecule has 1 saturated carbocycles. The maximum absolute atomic E-state index is 13.5. The van der Waals surface area contributed by atoms with Gasteiger partial charge in [-0.05, 0) is 42.2 Å². The largest absolute Gasteiger partial charge is 0.468 e. The fraction of sp³-hybridized carbons (Fsp3) is 0.391. The lowest BCUT2D eigenvalue weighted by atomic mass is 9.95. The number of rotatable bonds is 5. The Bertz CT molecular complexity index is 1020. The Hall–Kier alpha value is -2.58. The number of esters is 1. The van der Waals surface area contributed by atoms with Crippen LogP contribution in [0, 0.1) is 0 Å². The fourth-order valence-corrected chi connectivity index (χ4v) is 4.68. The van der Waals surface area contributed by atoms with Crippen LogP contribution < -0.4 is 0 Å². The zero-order chi connectivity index (χ0) is 23.1. The van der Waals surface area contributed by atoms with Crippen molar-refractivity contribution in [1.82, 2.24) is 9.80 Å². The van der Waals surface area contributed by atoms with Gasteiger partial charge in [-0.25, -0.2) is 0 Å². The number of alkyl halides is 3. The van der Waals surface area contributed by atoms with E-state index in [1.165, 1.54) is 30.2 Å². The second-order valence-corrected chi connectivity index (χ2v) is 8.63. The molecule has 2 aliphatic rings. The first-order chi connectivity index (χ1) is 15.2. The lowest BCUT2D eigenvalue weighted by Crippen LogP contribution is -2.66. The van der Waals surface area contributed by atoms with E-state index in [4.69, 9.17) is 16.3 Å².